The molecule has 1 aromatic heterocycles. The van der Waals surface area contributed by atoms with E-state index in [-0.39, 0.29) is 5.78 Å². The van der Waals surface area contributed by atoms with Gasteiger partial charge in [0, 0.05) is 18.1 Å². The van der Waals surface area contributed by atoms with Gasteiger partial charge in [0.1, 0.15) is 0 Å². The molecule has 2 N–H and O–H groups in total. The first-order valence-corrected chi connectivity index (χ1v) is 5.22. The molecule has 1 aromatic rings. The molecule has 0 radical (unpaired) electrons. The van der Waals surface area contributed by atoms with Crippen molar-refractivity contribution in [3.8, 4) is 0 Å². The summed E-state index contributed by atoms with van der Waals surface area (Å²) < 4.78 is 0. The largest absolute Gasteiger partial charge is 0.398 e. The molecule has 2 rings (SSSR count). The highest BCUT2D eigenvalue weighted by Crippen LogP contribution is 2.23. The molecule has 3 nitrogen and oxygen atoms in total. The number of anilines is 1. The molecule has 1 aliphatic carbocycles. The van der Waals surface area contributed by atoms with Crippen LogP contribution in [0.15, 0.2) is 30.1 Å². The number of nitrogens with two attached hydrogens (primary N) is 1. The van der Waals surface area contributed by atoms with Crippen molar-refractivity contribution in [3.05, 3.63) is 35.7 Å². The highest BCUT2D eigenvalue weighted by atomic mass is 16.1. The molecule has 3 heteroatoms. The summed E-state index contributed by atoms with van der Waals surface area (Å²) >= 11 is 0. The third-order valence-electron chi connectivity index (χ3n) is 2.68. The molecule has 1 heterocycles. The highest BCUT2D eigenvalue weighted by Gasteiger charge is 2.16. The van der Waals surface area contributed by atoms with E-state index in [1.165, 1.54) is 6.42 Å². The fourth-order valence-electron chi connectivity index (χ4n) is 1.81. The molecule has 0 unspecified atom stereocenters. The summed E-state index contributed by atoms with van der Waals surface area (Å²) in [5.74, 6) is 0.0419. The molecule has 0 aromatic carbocycles. The standard InChI is InChI=1S/C12H14N2O/c13-11-6-7-14-8-10(11)12(15)9-4-2-1-3-5-9/h4,6-8H,1-3,5H2,(H2,13,14). The number of Topliss-reactive ketones (excluding diaryl/α,β-unsaturated/α-hetero) is 1. The number of ketones is 1. The SMILES string of the molecule is Nc1ccncc1C(=O)C1=CCCCC1. The molecule has 0 bridgehead atoms. The van der Waals surface area contributed by atoms with E-state index in [9.17, 15) is 4.79 Å². The van der Waals surface area contributed by atoms with E-state index in [1.54, 1.807) is 18.5 Å². The van der Waals surface area contributed by atoms with Crippen molar-refractivity contribution in [2.75, 3.05) is 5.73 Å². The van der Waals surface area contributed by atoms with Gasteiger partial charge in [-0.1, -0.05) is 6.08 Å². The molecular formula is C12H14N2O. The Morgan fingerprint density at radius 3 is 2.93 bits per heavy atom. The van der Waals surface area contributed by atoms with Crippen LogP contribution in [-0.2, 0) is 0 Å². The fourth-order valence-corrected chi connectivity index (χ4v) is 1.81. The zero-order chi connectivity index (χ0) is 10.7. The molecule has 15 heavy (non-hydrogen) atoms. The highest BCUT2D eigenvalue weighted by molar-refractivity contribution is 6.11. The lowest BCUT2D eigenvalue weighted by atomic mass is 9.93. The van der Waals surface area contributed by atoms with Crippen LogP contribution >= 0.6 is 0 Å². The summed E-state index contributed by atoms with van der Waals surface area (Å²) in [6.07, 6.45) is 9.32. The summed E-state index contributed by atoms with van der Waals surface area (Å²) in [5.41, 5.74) is 7.68. The van der Waals surface area contributed by atoms with E-state index in [2.05, 4.69) is 4.98 Å². The van der Waals surface area contributed by atoms with Gasteiger partial charge in [0.15, 0.2) is 5.78 Å². The Bertz CT molecular complexity index is 410. The number of rotatable bonds is 2. The predicted octanol–water partition coefficient (Wildman–Crippen LogP) is 2.35. The normalized spacial score (nSPS) is 15.9. The van der Waals surface area contributed by atoms with Gasteiger partial charge in [-0.15, -0.1) is 0 Å². The topological polar surface area (TPSA) is 56.0 Å². The van der Waals surface area contributed by atoms with Gasteiger partial charge in [-0.25, -0.2) is 0 Å². The Hall–Kier alpha value is -1.64. The van der Waals surface area contributed by atoms with Crippen LogP contribution in [0.2, 0.25) is 0 Å². The smallest absolute Gasteiger partial charge is 0.192 e. The molecule has 78 valence electrons. The van der Waals surface area contributed by atoms with Crippen LogP contribution in [0.4, 0.5) is 5.69 Å². The number of nitrogens with zero attached hydrogens (tertiary/aromatic N) is 1. The van der Waals surface area contributed by atoms with Crippen molar-refractivity contribution >= 4 is 11.5 Å². The van der Waals surface area contributed by atoms with Crippen molar-refractivity contribution in [1.29, 1.82) is 0 Å². The maximum absolute atomic E-state index is 12.0. The number of pyridine rings is 1. The van der Waals surface area contributed by atoms with Gasteiger partial charge < -0.3 is 5.73 Å². The molecule has 0 aliphatic heterocycles. The maximum Gasteiger partial charge on any atom is 0.192 e. The Kier molecular flexibility index (Phi) is 2.81. The van der Waals surface area contributed by atoms with Crippen molar-refractivity contribution < 1.29 is 4.79 Å². The Morgan fingerprint density at radius 1 is 1.40 bits per heavy atom. The zero-order valence-corrected chi connectivity index (χ0v) is 8.57. The van der Waals surface area contributed by atoms with Crippen molar-refractivity contribution in [2.24, 2.45) is 0 Å². The monoisotopic (exact) mass is 202 g/mol. The number of nitrogen functional groups attached to an aromatic ring is 1. The van der Waals surface area contributed by atoms with E-state index in [1.807, 2.05) is 6.08 Å². The first kappa shape index (κ1) is 9.90. The Balaban J connectivity index is 2.28. The van der Waals surface area contributed by atoms with Crippen LogP contribution < -0.4 is 5.73 Å². The minimum absolute atomic E-state index is 0.0419. The molecule has 0 saturated carbocycles. The number of allylic oxidation sites excluding steroid dienone is 2. The average Bonchev–Trinajstić information content (AvgIpc) is 2.30. The lowest BCUT2D eigenvalue weighted by Gasteiger charge is -2.12. The molecule has 0 saturated heterocycles. The average molecular weight is 202 g/mol. The van der Waals surface area contributed by atoms with E-state index in [4.69, 9.17) is 5.73 Å². The van der Waals surface area contributed by atoms with Gasteiger partial charge in [-0.3, -0.25) is 9.78 Å². The fraction of sp³-hybridized carbons (Fsp3) is 0.333. The molecular weight excluding hydrogens is 188 g/mol. The van der Waals surface area contributed by atoms with Gasteiger partial charge in [0.05, 0.1) is 5.56 Å². The summed E-state index contributed by atoms with van der Waals surface area (Å²) in [5, 5.41) is 0. The number of hydrogen-bond acceptors (Lipinski definition) is 3. The molecule has 1 aliphatic rings. The summed E-state index contributed by atoms with van der Waals surface area (Å²) in [6.45, 7) is 0. The Morgan fingerprint density at radius 2 is 2.27 bits per heavy atom. The lowest BCUT2D eigenvalue weighted by Crippen LogP contribution is -2.09. The molecule has 0 fully saturated rings. The second-order valence-corrected chi connectivity index (χ2v) is 3.77. The minimum atomic E-state index is 0.0419. The third kappa shape index (κ3) is 2.06. The number of carbonyl (C=O) groups excluding carboxylic acids is 1. The first-order chi connectivity index (χ1) is 7.29. The Labute approximate surface area is 89.0 Å². The van der Waals surface area contributed by atoms with Gasteiger partial charge in [0.25, 0.3) is 0 Å². The molecule has 0 atom stereocenters. The van der Waals surface area contributed by atoms with E-state index in [0.29, 0.717) is 11.3 Å². The van der Waals surface area contributed by atoms with Crippen molar-refractivity contribution in [2.45, 2.75) is 25.7 Å². The summed E-state index contributed by atoms with van der Waals surface area (Å²) in [7, 11) is 0. The first-order valence-electron chi connectivity index (χ1n) is 5.22. The predicted molar refractivity (Wildman–Crippen MR) is 59.5 cm³/mol. The maximum atomic E-state index is 12.0. The minimum Gasteiger partial charge on any atom is -0.398 e. The van der Waals surface area contributed by atoms with E-state index < -0.39 is 0 Å². The second kappa shape index (κ2) is 4.26. The van der Waals surface area contributed by atoms with Crippen LogP contribution in [-0.4, -0.2) is 10.8 Å². The molecule has 0 spiro atoms. The van der Waals surface area contributed by atoms with Crippen LogP contribution in [0.5, 0.6) is 0 Å². The van der Waals surface area contributed by atoms with Gasteiger partial charge in [0.2, 0.25) is 0 Å². The second-order valence-electron chi connectivity index (χ2n) is 3.77. The lowest BCUT2D eigenvalue weighted by molar-refractivity contribution is 0.102. The number of aromatic nitrogens is 1. The quantitative estimate of drug-likeness (QED) is 0.749. The van der Waals surface area contributed by atoms with Crippen LogP contribution in [0, 0.1) is 0 Å². The molecule has 0 amide bonds. The van der Waals surface area contributed by atoms with Crippen LogP contribution in [0.3, 0.4) is 0 Å². The van der Waals surface area contributed by atoms with Gasteiger partial charge in [-0.2, -0.15) is 0 Å². The van der Waals surface area contributed by atoms with Gasteiger partial charge in [-0.05, 0) is 37.3 Å². The number of hydrogen-bond donors (Lipinski definition) is 1. The van der Waals surface area contributed by atoms with Crippen LogP contribution in [0.25, 0.3) is 0 Å². The van der Waals surface area contributed by atoms with Crippen LogP contribution in [0.1, 0.15) is 36.0 Å². The zero-order valence-electron chi connectivity index (χ0n) is 8.57. The van der Waals surface area contributed by atoms with Crippen molar-refractivity contribution in [1.82, 2.24) is 4.98 Å². The van der Waals surface area contributed by atoms with E-state index >= 15 is 0 Å². The van der Waals surface area contributed by atoms with Gasteiger partial charge >= 0.3 is 0 Å². The third-order valence-corrected chi connectivity index (χ3v) is 2.68. The van der Waals surface area contributed by atoms with E-state index in [0.717, 1.165) is 24.8 Å². The summed E-state index contributed by atoms with van der Waals surface area (Å²) in [4.78, 5) is 16.0. The summed E-state index contributed by atoms with van der Waals surface area (Å²) in [6, 6.07) is 1.66. The van der Waals surface area contributed by atoms with Crippen molar-refractivity contribution in [3.63, 3.8) is 0 Å². The number of carbonyl (C=O) groups is 1.